The second-order valence-corrected chi connectivity index (χ2v) is 5.34. The Morgan fingerprint density at radius 1 is 1.47 bits per heavy atom. The Balaban J connectivity index is 2.23. The van der Waals surface area contributed by atoms with E-state index in [1.54, 1.807) is 13.0 Å². The Kier molecular flexibility index (Phi) is 3.34. The van der Waals surface area contributed by atoms with Crippen molar-refractivity contribution in [2.45, 2.75) is 6.92 Å². The number of hydrogen-bond donors (Lipinski definition) is 0. The molecule has 1 heterocycles. The highest BCUT2D eigenvalue weighted by molar-refractivity contribution is 9.11. The molecule has 0 bridgehead atoms. The molecule has 0 saturated carbocycles. The van der Waals surface area contributed by atoms with Crippen LogP contribution in [-0.2, 0) is 0 Å². The lowest BCUT2D eigenvalue weighted by molar-refractivity contribution is -0.385. The van der Waals surface area contributed by atoms with Gasteiger partial charge in [0.25, 0.3) is 10.9 Å². The molecule has 2 aromatic rings. The summed E-state index contributed by atoms with van der Waals surface area (Å²) in [6.45, 7) is 1.65. The monoisotopic (exact) mass is 315 g/mol. The molecule has 0 amide bonds. The zero-order valence-corrected chi connectivity index (χ0v) is 11.0. The third-order valence-electron chi connectivity index (χ3n) is 1.95. The van der Waals surface area contributed by atoms with E-state index in [9.17, 15) is 10.1 Å². The highest BCUT2D eigenvalue weighted by atomic mass is 79.9. The van der Waals surface area contributed by atoms with Gasteiger partial charge in [0, 0.05) is 11.6 Å². The number of aryl methyl sites for hydroxylation is 1. The van der Waals surface area contributed by atoms with Gasteiger partial charge in [0.15, 0.2) is 3.92 Å². The molecule has 0 saturated heterocycles. The summed E-state index contributed by atoms with van der Waals surface area (Å²) in [5.74, 6) is 0.497. The first-order valence-electron chi connectivity index (χ1n) is 4.48. The molecule has 17 heavy (non-hydrogen) atoms. The van der Waals surface area contributed by atoms with Gasteiger partial charge in [0.1, 0.15) is 5.75 Å². The van der Waals surface area contributed by atoms with Gasteiger partial charge in [-0.15, -0.1) is 5.10 Å². The maximum absolute atomic E-state index is 10.6. The Morgan fingerprint density at radius 2 is 2.24 bits per heavy atom. The standard InChI is InChI=1S/C9H6BrN3O3S/c1-5-4-6(2-3-7(5)13(14)15)16-9-12-11-8(10)17-9/h2-4H,1H3. The number of hydrogen-bond acceptors (Lipinski definition) is 6. The van der Waals surface area contributed by atoms with Crippen LogP contribution in [0, 0.1) is 17.0 Å². The fraction of sp³-hybridized carbons (Fsp3) is 0.111. The van der Waals surface area contributed by atoms with Crippen LogP contribution >= 0.6 is 27.3 Å². The van der Waals surface area contributed by atoms with E-state index >= 15 is 0 Å². The van der Waals surface area contributed by atoms with E-state index in [4.69, 9.17) is 4.74 Å². The summed E-state index contributed by atoms with van der Waals surface area (Å²) >= 11 is 4.40. The third kappa shape index (κ3) is 2.77. The zero-order valence-electron chi connectivity index (χ0n) is 8.58. The van der Waals surface area contributed by atoms with Crippen LogP contribution in [0.25, 0.3) is 0 Å². The van der Waals surface area contributed by atoms with Gasteiger partial charge in [-0.3, -0.25) is 10.1 Å². The zero-order chi connectivity index (χ0) is 12.4. The number of nitrogens with zero attached hydrogens (tertiary/aromatic N) is 3. The lowest BCUT2D eigenvalue weighted by atomic mass is 10.2. The normalized spacial score (nSPS) is 10.2. The Bertz CT molecular complexity index is 572. The van der Waals surface area contributed by atoms with Crippen molar-refractivity contribution in [2.75, 3.05) is 0 Å². The van der Waals surface area contributed by atoms with Crippen molar-refractivity contribution in [3.63, 3.8) is 0 Å². The first kappa shape index (κ1) is 11.9. The smallest absolute Gasteiger partial charge is 0.300 e. The minimum atomic E-state index is -0.430. The van der Waals surface area contributed by atoms with Gasteiger partial charge in [0.2, 0.25) is 0 Å². The summed E-state index contributed by atoms with van der Waals surface area (Å²) in [6.07, 6.45) is 0. The van der Waals surface area contributed by atoms with Crippen molar-refractivity contribution in [1.82, 2.24) is 10.2 Å². The molecular formula is C9H6BrN3O3S. The third-order valence-corrected chi connectivity index (χ3v) is 3.19. The van der Waals surface area contributed by atoms with Gasteiger partial charge in [-0.05, 0) is 46.3 Å². The largest absolute Gasteiger partial charge is 0.430 e. The first-order valence-corrected chi connectivity index (χ1v) is 6.09. The average Bonchev–Trinajstić information content (AvgIpc) is 2.63. The molecule has 0 atom stereocenters. The lowest BCUT2D eigenvalue weighted by Crippen LogP contribution is -1.92. The van der Waals surface area contributed by atoms with Crippen LogP contribution in [0.2, 0.25) is 0 Å². The second-order valence-electron chi connectivity index (χ2n) is 3.13. The number of benzene rings is 1. The predicted molar refractivity (Wildman–Crippen MR) is 65.5 cm³/mol. The van der Waals surface area contributed by atoms with Gasteiger partial charge in [-0.2, -0.15) is 0 Å². The van der Waals surface area contributed by atoms with Crippen molar-refractivity contribution in [3.05, 3.63) is 37.8 Å². The number of nitro benzene ring substituents is 1. The van der Waals surface area contributed by atoms with E-state index in [1.807, 2.05) is 0 Å². The molecule has 0 radical (unpaired) electrons. The topological polar surface area (TPSA) is 78.2 Å². The quantitative estimate of drug-likeness (QED) is 0.641. The fourth-order valence-electron chi connectivity index (χ4n) is 1.23. The first-order chi connectivity index (χ1) is 8.06. The Labute approximate surface area is 109 Å². The Hall–Kier alpha value is -1.54. The van der Waals surface area contributed by atoms with Crippen molar-refractivity contribution < 1.29 is 9.66 Å². The van der Waals surface area contributed by atoms with Crippen LogP contribution in [-0.4, -0.2) is 15.1 Å². The lowest BCUT2D eigenvalue weighted by Gasteiger charge is -2.02. The Morgan fingerprint density at radius 3 is 2.76 bits per heavy atom. The van der Waals surface area contributed by atoms with Crippen molar-refractivity contribution in [3.8, 4) is 10.9 Å². The van der Waals surface area contributed by atoms with E-state index < -0.39 is 4.92 Å². The molecule has 0 N–H and O–H groups in total. The van der Waals surface area contributed by atoms with E-state index in [-0.39, 0.29) is 5.69 Å². The van der Waals surface area contributed by atoms with Crippen molar-refractivity contribution >= 4 is 33.0 Å². The molecular weight excluding hydrogens is 310 g/mol. The minimum Gasteiger partial charge on any atom is -0.430 e. The molecule has 0 spiro atoms. The van der Waals surface area contributed by atoms with Gasteiger partial charge >= 0.3 is 0 Å². The van der Waals surface area contributed by atoms with Crippen LogP contribution in [0.5, 0.6) is 10.9 Å². The van der Waals surface area contributed by atoms with Gasteiger partial charge < -0.3 is 4.74 Å². The molecule has 88 valence electrons. The molecule has 8 heteroatoms. The van der Waals surface area contributed by atoms with E-state index in [1.165, 1.54) is 23.5 Å². The molecule has 1 aromatic heterocycles. The summed E-state index contributed by atoms with van der Waals surface area (Å²) in [4.78, 5) is 10.2. The predicted octanol–water partition coefficient (Wildman–Crippen LogP) is 3.31. The van der Waals surface area contributed by atoms with Crippen LogP contribution in [0.15, 0.2) is 22.1 Å². The highest BCUT2D eigenvalue weighted by Gasteiger charge is 2.12. The summed E-state index contributed by atoms with van der Waals surface area (Å²) < 4.78 is 6.02. The number of halogens is 1. The van der Waals surface area contributed by atoms with Crippen LogP contribution in [0.3, 0.4) is 0 Å². The maximum atomic E-state index is 10.6. The molecule has 0 aliphatic heterocycles. The molecule has 0 aliphatic rings. The van der Waals surface area contributed by atoms with Crippen LogP contribution < -0.4 is 4.74 Å². The average molecular weight is 316 g/mol. The van der Waals surface area contributed by atoms with Gasteiger partial charge in [-0.1, -0.05) is 5.10 Å². The highest BCUT2D eigenvalue weighted by Crippen LogP contribution is 2.30. The number of rotatable bonds is 3. The van der Waals surface area contributed by atoms with E-state index in [2.05, 4.69) is 26.1 Å². The summed E-state index contributed by atoms with van der Waals surface area (Å²) in [7, 11) is 0. The maximum Gasteiger partial charge on any atom is 0.300 e. The summed E-state index contributed by atoms with van der Waals surface area (Å²) in [5.41, 5.74) is 0.604. The fourth-order valence-corrected chi connectivity index (χ4v) is 2.17. The van der Waals surface area contributed by atoms with Crippen LogP contribution in [0.4, 0.5) is 5.69 Å². The van der Waals surface area contributed by atoms with Gasteiger partial charge in [-0.25, -0.2) is 0 Å². The van der Waals surface area contributed by atoms with Crippen LogP contribution in [0.1, 0.15) is 5.56 Å². The molecule has 2 rings (SSSR count). The van der Waals surface area contributed by atoms with Crippen molar-refractivity contribution in [1.29, 1.82) is 0 Å². The van der Waals surface area contributed by atoms with Crippen molar-refractivity contribution in [2.24, 2.45) is 0 Å². The second kappa shape index (κ2) is 4.76. The molecule has 0 fully saturated rings. The van der Waals surface area contributed by atoms with Gasteiger partial charge in [0.05, 0.1) is 4.92 Å². The molecule has 0 aliphatic carbocycles. The number of aromatic nitrogens is 2. The minimum absolute atomic E-state index is 0.0656. The number of nitro groups is 1. The SMILES string of the molecule is Cc1cc(Oc2nnc(Br)s2)ccc1[N+](=O)[O-]. The van der Waals surface area contributed by atoms with E-state index in [0.717, 1.165) is 0 Å². The summed E-state index contributed by atoms with van der Waals surface area (Å²) in [5, 5.41) is 18.5. The van der Waals surface area contributed by atoms with E-state index in [0.29, 0.717) is 20.4 Å². The molecule has 1 aromatic carbocycles. The molecule has 6 nitrogen and oxygen atoms in total. The molecule has 0 unspecified atom stereocenters. The number of ether oxygens (including phenoxy) is 1. The summed E-state index contributed by atoms with van der Waals surface area (Å²) in [6, 6.07) is 4.52.